The summed E-state index contributed by atoms with van der Waals surface area (Å²) in [5.41, 5.74) is -2.84. The first kappa shape index (κ1) is 23.5. The van der Waals surface area contributed by atoms with E-state index in [1.807, 2.05) is 11.0 Å². The van der Waals surface area contributed by atoms with E-state index >= 15 is 0 Å². The highest BCUT2D eigenvalue weighted by Crippen LogP contribution is 2.32. The maximum atomic E-state index is 12.9. The molecule has 0 atom stereocenters. The summed E-state index contributed by atoms with van der Waals surface area (Å²) in [5.74, 6) is -0.776. The van der Waals surface area contributed by atoms with E-state index < -0.39 is 23.0 Å². The lowest BCUT2D eigenvalue weighted by Gasteiger charge is -2.34. The summed E-state index contributed by atoms with van der Waals surface area (Å²) < 4.78 is 49.0. The number of H-pyrrole nitrogens is 1. The zero-order valence-corrected chi connectivity index (χ0v) is 17.5. The SMILES string of the molecule is N#Cc1cnc(N2CCN(C(=O)CCOCCOc3cn[nH]c(=O)c3C(F)(F)F)CC2)s1. The van der Waals surface area contributed by atoms with Gasteiger partial charge in [-0.05, 0) is 0 Å². The number of aromatic amines is 1. The molecular weight excluding hydrogens is 453 g/mol. The van der Waals surface area contributed by atoms with Crippen LogP contribution in [-0.4, -0.2) is 72.0 Å². The number of hydrogen-bond donors (Lipinski definition) is 1. The molecule has 0 saturated carbocycles. The summed E-state index contributed by atoms with van der Waals surface area (Å²) in [6.45, 7) is 2.02. The molecule has 32 heavy (non-hydrogen) atoms. The van der Waals surface area contributed by atoms with Crippen LogP contribution in [0.3, 0.4) is 0 Å². The van der Waals surface area contributed by atoms with Gasteiger partial charge in [0.1, 0.15) is 17.6 Å². The number of ether oxygens (including phenoxy) is 2. The summed E-state index contributed by atoms with van der Waals surface area (Å²) in [6, 6.07) is 2.05. The molecule has 2 aromatic heterocycles. The zero-order valence-electron chi connectivity index (χ0n) is 16.7. The number of aromatic nitrogens is 3. The topological polar surface area (TPSA) is 124 Å². The van der Waals surface area contributed by atoms with Gasteiger partial charge < -0.3 is 19.3 Å². The molecule has 14 heteroatoms. The van der Waals surface area contributed by atoms with Gasteiger partial charge in [0.2, 0.25) is 5.91 Å². The van der Waals surface area contributed by atoms with E-state index in [-0.39, 0.29) is 32.1 Å². The molecule has 10 nitrogen and oxygen atoms in total. The molecule has 1 saturated heterocycles. The predicted molar refractivity (Wildman–Crippen MR) is 106 cm³/mol. The predicted octanol–water partition coefficient (Wildman–Crippen LogP) is 1.25. The summed E-state index contributed by atoms with van der Waals surface area (Å²) in [7, 11) is 0. The van der Waals surface area contributed by atoms with Crippen molar-refractivity contribution in [3.05, 3.63) is 33.2 Å². The summed E-state index contributed by atoms with van der Waals surface area (Å²) in [4.78, 5) is 32.1. The van der Waals surface area contributed by atoms with Crippen molar-refractivity contribution in [2.45, 2.75) is 12.6 Å². The molecule has 0 radical (unpaired) electrons. The molecule has 1 aliphatic rings. The van der Waals surface area contributed by atoms with Gasteiger partial charge in [-0.25, -0.2) is 10.1 Å². The smallest absolute Gasteiger partial charge is 0.425 e. The van der Waals surface area contributed by atoms with Gasteiger partial charge in [-0.2, -0.15) is 23.5 Å². The van der Waals surface area contributed by atoms with E-state index in [0.29, 0.717) is 31.1 Å². The van der Waals surface area contributed by atoms with Crippen LogP contribution in [0, 0.1) is 11.3 Å². The molecular formula is C18H19F3N6O4S. The van der Waals surface area contributed by atoms with Crippen molar-refractivity contribution in [3.8, 4) is 11.8 Å². The Morgan fingerprint density at radius 3 is 2.62 bits per heavy atom. The zero-order chi connectivity index (χ0) is 23.1. The van der Waals surface area contributed by atoms with Crippen LogP contribution in [0.4, 0.5) is 18.3 Å². The van der Waals surface area contributed by atoms with E-state index in [2.05, 4.69) is 10.1 Å². The second-order valence-electron chi connectivity index (χ2n) is 6.63. The van der Waals surface area contributed by atoms with E-state index in [0.717, 1.165) is 11.3 Å². The maximum Gasteiger partial charge on any atom is 0.425 e. The number of nitrogens with one attached hydrogen (secondary N) is 1. The van der Waals surface area contributed by atoms with Crippen molar-refractivity contribution in [1.29, 1.82) is 5.26 Å². The second kappa shape index (κ2) is 10.4. The van der Waals surface area contributed by atoms with Crippen LogP contribution in [0.1, 0.15) is 16.9 Å². The number of nitrogens with zero attached hydrogens (tertiary/aromatic N) is 5. The van der Waals surface area contributed by atoms with Crippen molar-refractivity contribution in [2.24, 2.45) is 0 Å². The quantitative estimate of drug-likeness (QED) is 0.570. The molecule has 2 aromatic rings. The Balaban J connectivity index is 1.35. The Hall–Kier alpha value is -3.18. The van der Waals surface area contributed by atoms with Crippen LogP contribution in [-0.2, 0) is 15.7 Å². The van der Waals surface area contributed by atoms with Crippen LogP contribution in [0.25, 0.3) is 0 Å². The average Bonchev–Trinajstić information content (AvgIpc) is 3.24. The summed E-state index contributed by atoms with van der Waals surface area (Å²) >= 11 is 1.30. The second-order valence-corrected chi connectivity index (χ2v) is 7.64. The summed E-state index contributed by atoms with van der Waals surface area (Å²) in [5, 5.41) is 14.7. The fourth-order valence-electron chi connectivity index (χ4n) is 3.00. The van der Waals surface area contributed by atoms with Crippen LogP contribution in [0.2, 0.25) is 0 Å². The van der Waals surface area contributed by atoms with E-state index in [9.17, 15) is 22.8 Å². The number of anilines is 1. The standard InChI is InChI=1S/C18H19F3N6O4S/c19-18(20,21)15-13(11-24-25-16(15)29)31-8-7-30-6-1-14(28)26-2-4-27(5-3-26)17-23-10-12(9-22)32-17/h10-11H,1-8H2,(H,25,29). The molecule has 1 fully saturated rings. The summed E-state index contributed by atoms with van der Waals surface area (Å²) in [6.07, 6.45) is -2.45. The molecule has 3 heterocycles. The minimum Gasteiger partial charge on any atom is -0.489 e. The van der Waals surface area contributed by atoms with Crippen molar-refractivity contribution >= 4 is 22.4 Å². The Labute approximate surface area is 184 Å². The lowest BCUT2D eigenvalue weighted by molar-refractivity contribution is -0.140. The molecule has 0 bridgehead atoms. The number of nitriles is 1. The highest BCUT2D eigenvalue weighted by Gasteiger charge is 2.38. The Bertz CT molecular complexity index is 1030. The van der Waals surface area contributed by atoms with Crippen LogP contribution >= 0.6 is 11.3 Å². The number of amides is 1. The Morgan fingerprint density at radius 2 is 1.97 bits per heavy atom. The Morgan fingerprint density at radius 1 is 1.22 bits per heavy atom. The number of piperazine rings is 1. The number of alkyl halides is 3. The first-order chi connectivity index (χ1) is 15.3. The third-order valence-corrected chi connectivity index (χ3v) is 5.52. The lowest BCUT2D eigenvalue weighted by atomic mass is 10.3. The molecule has 0 aliphatic carbocycles. The molecule has 1 amide bonds. The molecule has 0 spiro atoms. The first-order valence-electron chi connectivity index (χ1n) is 9.53. The van der Waals surface area contributed by atoms with Gasteiger partial charge in [0.15, 0.2) is 16.4 Å². The van der Waals surface area contributed by atoms with E-state index in [1.54, 1.807) is 10.00 Å². The minimum atomic E-state index is -4.87. The molecule has 3 rings (SSSR count). The molecule has 1 N–H and O–H groups in total. The van der Waals surface area contributed by atoms with Crippen molar-refractivity contribution in [3.63, 3.8) is 0 Å². The average molecular weight is 472 g/mol. The van der Waals surface area contributed by atoms with Gasteiger partial charge in [0.25, 0.3) is 5.56 Å². The fraction of sp³-hybridized carbons (Fsp3) is 0.500. The molecule has 172 valence electrons. The normalized spacial score (nSPS) is 14.3. The lowest BCUT2D eigenvalue weighted by Crippen LogP contribution is -2.49. The van der Waals surface area contributed by atoms with Gasteiger partial charge in [-0.1, -0.05) is 11.3 Å². The Kier molecular flexibility index (Phi) is 7.65. The van der Waals surface area contributed by atoms with Gasteiger partial charge in [0, 0.05) is 26.2 Å². The van der Waals surface area contributed by atoms with Crippen LogP contribution in [0.5, 0.6) is 5.75 Å². The molecule has 1 aliphatic heterocycles. The van der Waals surface area contributed by atoms with Gasteiger partial charge in [-0.3, -0.25) is 9.59 Å². The number of thiazole rings is 1. The van der Waals surface area contributed by atoms with E-state index in [4.69, 9.17) is 14.7 Å². The van der Waals surface area contributed by atoms with Crippen LogP contribution in [0.15, 0.2) is 17.2 Å². The number of carbonyl (C=O) groups excluding carboxylic acids is 1. The third-order valence-electron chi connectivity index (χ3n) is 4.56. The monoisotopic (exact) mass is 472 g/mol. The number of hydrogen-bond acceptors (Lipinski definition) is 9. The van der Waals surface area contributed by atoms with Crippen LogP contribution < -0.4 is 15.2 Å². The largest absolute Gasteiger partial charge is 0.489 e. The van der Waals surface area contributed by atoms with Gasteiger partial charge in [-0.15, -0.1) is 0 Å². The third kappa shape index (κ3) is 5.95. The highest BCUT2D eigenvalue weighted by molar-refractivity contribution is 7.16. The fourth-order valence-corrected chi connectivity index (χ4v) is 3.76. The first-order valence-corrected chi connectivity index (χ1v) is 10.4. The number of rotatable bonds is 8. The number of carbonyl (C=O) groups is 1. The van der Waals surface area contributed by atoms with E-state index in [1.165, 1.54) is 17.5 Å². The van der Waals surface area contributed by atoms with Gasteiger partial charge in [0.05, 0.1) is 32.0 Å². The van der Waals surface area contributed by atoms with Crippen molar-refractivity contribution < 1.29 is 27.4 Å². The highest BCUT2D eigenvalue weighted by atomic mass is 32.1. The number of halogens is 3. The maximum absolute atomic E-state index is 12.9. The van der Waals surface area contributed by atoms with Crippen molar-refractivity contribution in [1.82, 2.24) is 20.1 Å². The molecule has 0 unspecified atom stereocenters. The van der Waals surface area contributed by atoms with Gasteiger partial charge >= 0.3 is 6.18 Å². The van der Waals surface area contributed by atoms with Crippen molar-refractivity contribution in [2.75, 3.05) is 50.9 Å². The minimum absolute atomic E-state index is 0.0591. The molecule has 0 aromatic carbocycles.